The molecule has 14 heteroatoms. The minimum absolute atomic E-state index is 0.252. The zero-order valence-electron chi connectivity index (χ0n) is 46.5. The molecule has 2 fully saturated rings. The van der Waals surface area contributed by atoms with Crippen LogP contribution in [0.2, 0.25) is 0 Å². The first kappa shape index (κ1) is 68.5. The van der Waals surface area contributed by atoms with Crippen molar-refractivity contribution in [2.75, 3.05) is 19.8 Å². The Morgan fingerprint density at radius 3 is 1.40 bits per heavy atom. The van der Waals surface area contributed by atoms with E-state index in [4.69, 9.17) is 18.9 Å². The van der Waals surface area contributed by atoms with E-state index in [1.54, 1.807) is 6.08 Å². The van der Waals surface area contributed by atoms with Gasteiger partial charge in [-0.05, 0) is 83.5 Å². The molecule has 2 saturated heterocycles. The Morgan fingerprint density at radius 1 is 0.480 bits per heavy atom. The number of aliphatic hydroxyl groups excluding tert-OH is 8. The number of hydrogen-bond donors (Lipinski definition) is 9. The van der Waals surface area contributed by atoms with Crippen molar-refractivity contribution in [3.05, 3.63) is 72.9 Å². The minimum Gasteiger partial charge on any atom is -0.394 e. The predicted molar refractivity (Wildman–Crippen MR) is 300 cm³/mol. The summed E-state index contributed by atoms with van der Waals surface area (Å²) in [4.78, 5) is 13.2. The zero-order valence-corrected chi connectivity index (χ0v) is 46.5. The molecule has 2 aliphatic rings. The highest BCUT2D eigenvalue weighted by Gasteiger charge is 2.51. The fourth-order valence-corrected chi connectivity index (χ4v) is 9.27. The maximum absolute atomic E-state index is 13.2. The number of aliphatic hydroxyl groups is 8. The van der Waals surface area contributed by atoms with Gasteiger partial charge < -0.3 is 65.1 Å². The molecule has 0 bridgehead atoms. The number of carbonyl (C=O) groups is 1. The van der Waals surface area contributed by atoms with Crippen LogP contribution in [0.5, 0.6) is 0 Å². The highest BCUT2D eigenvalue weighted by Crippen LogP contribution is 2.30. The monoisotopic (exact) mass is 1060 g/mol. The van der Waals surface area contributed by atoms with Gasteiger partial charge in [-0.1, -0.05) is 196 Å². The van der Waals surface area contributed by atoms with E-state index in [0.29, 0.717) is 12.8 Å². The van der Waals surface area contributed by atoms with Crippen LogP contribution in [-0.4, -0.2) is 140 Å². The second-order valence-corrected chi connectivity index (χ2v) is 20.7. The van der Waals surface area contributed by atoms with Crippen molar-refractivity contribution < 1.29 is 64.6 Å². The van der Waals surface area contributed by atoms with Crippen molar-refractivity contribution in [1.82, 2.24) is 5.32 Å². The fraction of sp³-hybridized carbons (Fsp3) is 0.787. The fourth-order valence-electron chi connectivity index (χ4n) is 9.27. The van der Waals surface area contributed by atoms with Crippen molar-refractivity contribution in [3.63, 3.8) is 0 Å². The molecule has 0 saturated carbocycles. The summed E-state index contributed by atoms with van der Waals surface area (Å²) in [6.07, 6.45) is 43.6. The molecule has 14 nitrogen and oxygen atoms in total. The number of carbonyl (C=O) groups excluding carboxylic acids is 1. The number of rotatable bonds is 46. The number of nitrogens with one attached hydrogen (secondary N) is 1. The average Bonchev–Trinajstić information content (AvgIpc) is 3.41. The molecule has 0 aromatic carbocycles. The van der Waals surface area contributed by atoms with Gasteiger partial charge in [-0.2, -0.15) is 0 Å². The van der Waals surface area contributed by atoms with E-state index in [1.807, 2.05) is 6.08 Å². The van der Waals surface area contributed by atoms with Gasteiger partial charge in [0.2, 0.25) is 5.91 Å². The Morgan fingerprint density at radius 2 is 0.893 bits per heavy atom. The van der Waals surface area contributed by atoms with Gasteiger partial charge in [0.15, 0.2) is 12.6 Å². The van der Waals surface area contributed by atoms with E-state index in [2.05, 4.69) is 79.9 Å². The van der Waals surface area contributed by atoms with Crippen molar-refractivity contribution in [2.24, 2.45) is 0 Å². The third-order valence-corrected chi connectivity index (χ3v) is 14.1. The topological polar surface area (TPSA) is 228 Å². The quantitative estimate of drug-likeness (QED) is 0.0205. The second kappa shape index (κ2) is 46.4. The number of hydrogen-bond acceptors (Lipinski definition) is 13. The Hall–Kier alpha value is -2.57. The molecule has 12 unspecified atom stereocenters. The maximum Gasteiger partial charge on any atom is 0.220 e. The summed E-state index contributed by atoms with van der Waals surface area (Å²) in [6.45, 7) is 2.75. The van der Waals surface area contributed by atoms with Crippen LogP contribution >= 0.6 is 0 Å². The van der Waals surface area contributed by atoms with Crippen LogP contribution < -0.4 is 5.32 Å². The van der Waals surface area contributed by atoms with Crippen LogP contribution in [0.15, 0.2) is 72.9 Å². The first-order valence-electron chi connectivity index (χ1n) is 29.7. The second-order valence-electron chi connectivity index (χ2n) is 20.7. The zero-order chi connectivity index (χ0) is 54.6. The first-order chi connectivity index (χ1) is 36.6. The van der Waals surface area contributed by atoms with E-state index >= 15 is 0 Å². The summed E-state index contributed by atoms with van der Waals surface area (Å²) >= 11 is 0. The van der Waals surface area contributed by atoms with Gasteiger partial charge >= 0.3 is 0 Å². The SMILES string of the molecule is CCCCCCC/C=C\C/C=C\C/C=C\CCCCCCCCC(=O)NC(COC1OC(CO)C(OC2OC(CO)C(O)C(O)C2O)C(O)C1O)C(O)/C=C/CC/C=C/CC/C=C/CCCCCCCCCCCC. The third kappa shape index (κ3) is 32.2. The highest BCUT2D eigenvalue weighted by atomic mass is 16.7. The summed E-state index contributed by atoms with van der Waals surface area (Å²) in [5.74, 6) is -0.268. The van der Waals surface area contributed by atoms with Crippen molar-refractivity contribution >= 4 is 5.91 Å². The molecule has 0 spiro atoms. The lowest BCUT2D eigenvalue weighted by Gasteiger charge is -2.46. The normalized spacial score (nSPS) is 25.6. The van der Waals surface area contributed by atoms with Crippen LogP contribution in [0.1, 0.15) is 213 Å². The van der Waals surface area contributed by atoms with Crippen molar-refractivity contribution in [2.45, 2.75) is 286 Å². The van der Waals surface area contributed by atoms with Gasteiger partial charge in [-0.3, -0.25) is 4.79 Å². The lowest BCUT2D eigenvalue weighted by Crippen LogP contribution is -2.65. The predicted octanol–water partition coefficient (Wildman–Crippen LogP) is 9.94. The Balaban J connectivity index is 1.82. The lowest BCUT2D eigenvalue weighted by molar-refractivity contribution is -0.359. The summed E-state index contributed by atoms with van der Waals surface area (Å²) < 4.78 is 22.7. The first-order valence-corrected chi connectivity index (χ1v) is 29.7. The van der Waals surface area contributed by atoms with Crippen LogP contribution in [0.25, 0.3) is 0 Å². The molecule has 12 atom stereocenters. The summed E-state index contributed by atoms with van der Waals surface area (Å²) in [6, 6.07) is -0.949. The summed E-state index contributed by atoms with van der Waals surface area (Å²) in [5.41, 5.74) is 0. The minimum atomic E-state index is -1.80. The van der Waals surface area contributed by atoms with Gasteiger partial charge in [-0.25, -0.2) is 0 Å². The Bertz CT molecular complexity index is 1530. The van der Waals surface area contributed by atoms with Gasteiger partial charge in [0, 0.05) is 6.42 Å². The van der Waals surface area contributed by atoms with Crippen LogP contribution in [0.3, 0.4) is 0 Å². The van der Waals surface area contributed by atoms with E-state index in [-0.39, 0.29) is 18.9 Å². The van der Waals surface area contributed by atoms with Gasteiger partial charge in [0.05, 0.1) is 32.0 Å². The molecule has 2 aliphatic heterocycles. The molecule has 9 N–H and O–H groups in total. The molecule has 0 radical (unpaired) electrons. The summed E-state index contributed by atoms with van der Waals surface area (Å²) in [7, 11) is 0. The lowest BCUT2D eigenvalue weighted by atomic mass is 9.97. The number of allylic oxidation sites excluding steroid dienone is 11. The van der Waals surface area contributed by atoms with E-state index in [9.17, 15) is 45.6 Å². The Labute approximate surface area is 453 Å². The molecular weight excluding hydrogens is 955 g/mol. The van der Waals surface area contributed by atoms with E-state index in [1.165, 1.54) is 103 Å². The molecule has 0 aliphatic carbocycles. The largest absolute Gasteiger partial charge is 0.394 e. The van der Waals surface area contributed by atoms with Gasteiger partial charge in [-0.15, -0.1) is 0 Å². The van der Waals surface area contributed by atoms with E-state index in [0.717, 1.165) is 77.0 Å². The summed E-state index contributed by atoms with van der Waals surface area (Å²) in [5, 5.41) is 87.0. The molecule has 1 amide bonds. The van der Waals surface area contributed by atoms with Crippen LogP contribution in [0, 0.1) is 0 Å². The highest BCUT2D eigenvalue weighted by molar-refractivity contribution is 5.76. The number of amides is 1. The molecule has 0 aromatic rings. The van der Waals surface area contributed by atoms with Crippen molar-refractivity contribution in [3.8, 4) is 0 Å². The molecular formula is C61H107NO13. The van der Waals surface area contributed by atoms with Crippen LogP contribution in [-0.2, 0) is 23.7 Å². The van der Waals surface area contributed by atoms with Crippen molar-refractivity contribution in [1.29, 1.82) is 0 Å². The van der Waals surface area contributed by atoms with Gasteiger partial charge in [0.25, 0.3) is 0 Å². The maximum atomic E-state index is 13.2. The van der Waals surface area contributed by atoms with E-state index < -0.39 is 86.8 Å². The molecule has 434 valence electrons. The smallest absolute Gasteiger partial charge is 0.220 e. The third-order valence-electron chi connectivity index (χ3n) is 14.1. The van der Waals surface area contributed by atoms with Crippen LogP contribution in [0.4, 0.5) is 0 Å². The molecule has 2 heterocycles. The number of unbranched alkanes of at least 4 members (excludes halogenated alkanes) is 23. The standard InChI is InChI=1S/C61H107NO13/c1-3-5-7-9-11-13-15-17-19-21-23-25-27-29-31-33-35-37-39-41-43-45-53(66)62-49(50(65)44-42-40-38-36-34-32-30-28-26-24-22-20-18-16-14-12-10-8-6-4-2)48-72-60-58(71)56(69)59(52(47-64)74-60)75-61-57(70)55(68)54(67)51(46-63)73-61/h15,17,21,23,26-29,34,36,42,44,49-52,54-61,63-65,67-71H,3-14,16,18-20,22,24-25,30-33,35,37-41,43,45-48H2,1-2H3,(H,62,66)/b17-15-,23-21-,28-26+,29-27-,36-34+,44-42+. The average molecular weight is 1060 g/mol. The molecule has 2 rings (SSSR count). The number of ether oxygens (including phenoxy) is 4. The van der Waals surface area contributed by atoms with Gasteiger partial charge in [0.1, 0.15) is 48.8 Å². The molecule has 75 heavy (non-hydrogen) atoms. The Kier molecular flexibility index (Phi) is 42.4. The molecule has 0 aromatic heterocycles.